The van der Waals surface area contributed by atoms with E-state index in [4.69, 9.17) is 58.6 Å². The molecule has 1 aromatic heterocycles. The predicted octanol–water partition coefficient (Wildman–Crippen LogP) is 2.45. The number of aromatic nitrogens is 2. The highest BCUT2D eigenvalue weighted by atomic mass is 31.2. The molecule has 474 valence electrons. The molecule has 6 aliphatic rings. The molecule has 0 radical (unpaired) electrons. The van der Waals surface area contributed by atoms with Crippen LogP contribution in [-0.2, 0) is 47.4 Å². The Labute approximate surface area is 505 Å². The van der Waals surface area contributed by atoms with Crippen molar-refractivity contribution in [3.8, 4) is 0 Å². The van der Waals surface area contributed by atoms with Gasteiger partial charge in [-0.15, -0.1) is 0 Å². The molecular weight excluding hydrogens is 1140 g/mol. The highest BCUT2D eigenvalue weighted by Gasteiger charge is 2.64. The van der Waals surface area contributed by atoms with Crippen LogP contribution in [0.3, 0.4) is 0 Å². The number of aliphatic imine (C=N–C) groups is 3. The van der Waals surface area contributed by atoms with Crippen molar-refractivity contribution in [2.45, 2.75) is 175 Å². The Balaban J connectivity index is 1.19. The van der Waals surface area contributed by atoms with E-state index < -0.39 is 143 Å². The van der Waals surface area contributed by atoms with Gasteiger partial charge in [0.1, 0.15) is 17.9 Å². The lowest BCUT2D eigenvalue weighted by molar-refractivity contribution is -0.123. The molecule has 15 atom stereocenters. The monoisotopic (exact) mass is 1230 g/mol. The van der Waals surface area contributed by atoms with Crippen LogP contribution in [-0.4, -0.2) is 132 Å². The number of rotatable bonds is 25. The molecule has 0 aliphatic carbocycles. The largest absolute Gasteiger partial charge is 0.394 e. The Kier molecular flexibility index (Phi) is 18.9. The van der Waals surface area contributed by atoms with E-state index in [2.05, 4.69) is 15.6 Å². The van der Waals surface area contributed by atoms with Crippen molar-refractivity contribution in [2.24, 2.45) is 95.2 Å². The number of aliphatic hydroxyl groups is 2. The lowest BCUT2D eigenvalue weighted by Gasteiger charge is -2.47. The van der Waals surface area contributed by atoms with Gasteiger partial charge in [-0.1, -0.05) is 27.7 Å². The number of aryl methyl sites for hydroxylation is 2. The average Bonchev–Trinajstić information content (AvgIpc) is 1.55. The second kappa shape index (κ2) is 24.9. The third kappa shape index (κ3) is 12.7. The van der Waals surface area contributed by atoms with Crippen LogP contribution in [0.15, 0.2) is 68.3 Å². The summed E-state index contributed by atoms with van der Waals surface area (Å²) in [7, 11) is -4.84. The fraction of sp³-hybridized carbons (Fsp3) is 0.617. The zero-order valence-electron chi connectivity index (χ0n) is 51.0. The SMILES string of the molecule is C/C1=C2N=C(/C=C3\NC(=CC4=N[C@](C)(C5N=C1[C@H](CCC(=O)NC[C@@H](C)OP(=O)(O)[C@H]1[C@@H](O)[C@@H](n6cnc7cc(C)c(C)cc76)O[C@@H]1CO)[C@H]5CC(N)=O)[C@@](C)(CC(N)=O)[C@@H]4CCC(N)=O)[C@@](C)(CC(N)=O)[C@@H]3CCC(N)=O)C(C)(C)[C@@H]/2CCC(N)=O. The third-order valence-corrected chi connectivity index (χ3v) is 21.8. The summed E-state index contributed by atoms with van der Waals surface area (Å²) in [5.74, 6) is -7.76. The van der Waals surface area contributed by atoms with Crippen molar-refractivity contribution in [1.82, 2.24) is 20.2 Å². The Morgan fingerprint density at radius 3 is 2.02 bits per heavy atom. The van der Waals surface area contributed by atoms with E-state index in [1.807, 2.05) is 73.6 Å². The summed E-state index contributed by atoms with van der Waals surface area (Å²) in [6.45, 7) is 15.6. The first kappa shape index (κ1) is 66.0. The first-order chi connectivity index (χ1) is 40.6. The van der Waals surface area contributed by atoms with Gasteiger partial charge in [-0.2, -0.15) is 0 Å². The minimum absolute atomic E-state index is 0.0299. The third-order valence-electron chi connectivity index (χ3n) is 19.8. The summed E-state index contributed by atoms with van der Waals surface area (Å²) in [6, 6.07) is 2.73. The highest BCUT2D eigenvalue weighted by molar-refractivity contribution is 7.53. The number of hydrogen-bond donors (Lipinski definition) is 11. The van der Waals surface area contributed by atoms with Crippen LogP contribution in [0.1, 0.15) is 136 Å². The molecule has 2 fully saturated rings. The summed E-state index contributed by atoms with van der Waals surface area (Å²) < 4.78 is 27.5. The Hall–Kier alpha value is -6.96. The van der Waals surface area contributed by atoms with Crippen molar-refractivity contribution >= 4 is 77.1 Å². The van der Waals surface area contributed by atoms with Gasteiger partial charge in [0.15, 0.2) is 6.23 Å². The number of carbonyl (C=O) groups excluding carboxylic acids is 7. The summed E-state index contributed by atoms with van der Waals surface area (Å²) >= 11 is 0. The number of aliphatic hydroxyl groups excluding tert-OH is 2. The van der Waals surface area contributed by atoms with Gasteiger partial charge in [-0.25, -0.2) is 4.98 Å². The van der Waals surface area contributed by atoms with E-state index in [0.717, 1.165) is 11.1 Å². The topological polar surface area (TPSA) is 451 Å². The van der Waals surface area contributed by atoms with Gasteiger partial charge >= 0.3 is 7.60 Å². The number of nitrogens with two attached hydrogens (primary N) is 6. The van der Waals surface area contributed by atoms with Crippen LogP contribution < -0.4 is 45.0 Å². The molecule has 26 nitrogen and oxygen atoms in total. The first-order valence-corrected chi connectivity index (χ1v) is 31.3. The van der Waals surface area contributed by atoms with Crippen LogP contribution in [0.2, 0.25) is 0 Å². The standard InChI is InChI=1S/C60H86N13O13P/c1-28-18-39-40(19-29(28)2)73(27-68-39)56-53(82)54(41(26-74)85-56)87(83,84)86-30(3)25-67-50(81)17-10-32-33(20-47(64)78)55-60(9)59(8,24-49(66)80)35(12-15-45(62)76)38(72-60)22-43-58(7,23-48(65)79)34(11-14-44(61)75)37(69-43)21-42-57(5,6)36(13-16-46(63)77)52(70-42)31(4)51(32)71-55/h18-19,21-22,27,30,32-36,41,53-56,69,74,82H,10-17,20,23-26H2,1-9H3,(H2,61,75)(H2,62,76)(H2,63,77)(H2,64,78)(H2,65,79)(H2,66,80)(H,67,81)(H,83,84)/b37-21-,43-22?,52-31-/t30-,32-,33-,34-,35-,36-,41-,53-,54-,55?,56+,58+,59+,60-/m1/s1. The summed E-state index contributed by atoms with van der Waals surface area (Å²) in [5.41, 5.74) is 36.3. The normalized spacial score (nSPS) is 33.2. The number of nitrogens with one attached hydrogen (secondary N) is 2. The average molecular weight is 1230 g/mol. The lowest BCUT2D eigenvalue weighted by atomic mass is 9.57. The van der Waals surface area contributed by atoms with E-state index in [9.17, 15) is 53.2 Å². The Morgan fingerprint density at radius 1 is 0.816 bits per heavy atom. The van der Waals surface area contributed by atoms with Crippen LogP contribution in [0.25, 0.3) is 11.0 Å². The number of imidazole rings is 1. The number of fused-ring (bicyclic) bond motifs is 7. The summed E-state index contributed by atoms with van der Waals surface area (Å²) in [5, 5.41) is 28.4. The number of ether oxygens (including phenoxy) is 1. The van der Waals surface area contributed by atoms with E-state index in [-0.39, 0.29) is 77.2 Å². The van der Waals surface area contributed by atoms with Gasteiger partial charge < -0.3 is 74.0 Å². The second-order valence-electron chi connectivity index (χ2n) is 26.0. The van der Waals surface area contributed by atoms with E-state index in [0.29, 0.717) is 50.8 Å². The van der Waals surface area contributed by atoms with Gasteiger partial charge in [0, 0.05) is 132 Å². The van der Waals surface area contributed by atoms with Crippen LogP contribution >= 0.6 is 7.60 Å². The molecule has 87 heavy (non-hydrogen) atoms. The number of nitrogens with zero attached hydrogens (tertiary/aromatic N) is 5. The highest BCUT2D eigenvalue weighted by Crippen LogP contribution is 2.61. The number of allylic oxidation sites excluding steroid dienone is 6. The fourth-order valence-electron chi connectivity index (χ4n) is 14.9. The molecule has 0 saturated carbocycles. The van der Waals surface area contributed by atoms with Gasteiger partial charge in [-0.05, 0) is 101 Å². The smallest absolute Gasteiger partial charge is 0.337 e. The van der Waals surface area contributed by atoms with Crippen molar-refractivity contribution < 1.29 is 62.5 Å². The van der Waals surface area contributed by atoms with Crippen molar-refractivity contribution in [1.29, 1.82) is 0 Å². The van der Waals surface area contributed by atoms with E-state index in [1.165, 1.54) is 13.3 Å². The van der Waals surface area contributed by atoms with Crippen LogP contribution in [0.4, 0.5) is 0 Å². The number of carbonyl (C=O) groups is 7. The van der Waals surface area contributed by atoms with Crippen molar-refractivity contribution in [3.63, 3.8) is 0 Å². The van der Waals surface area contributed by atoms with Gasteiger partial charge in [0.05, 0.1) is 41.7 Å². The van der Waals surface area contributed by atoms with Crippen molar-refractivity contribution in [2.75, 3.05) is 13.2 Å². The molecule has 8 bridgehead atoms. The van der Waals surface area contributed by atoms with E-state index in [1.54, 1.807) is 10.6 Å². The van der Waals surface area contributed by atoms with Gasteiger partial charge in [-0.3, -0.25) is 53.1 Å². The minimum atomic E-state index is -4.84. The molecule has 0 spiro atoms. The maximum absolute atomic E-state index is 14.3. The summed E-state index contributed by atoms with van der Waals surface area (Å²) in [4.78, 5) is 125. The number of amides is 7. The molecule has 27 heteroatoms. The number of primary amides is 6. The molecule has 17 N–H and O–H groups in total. The van der Waals surface area contributed by atoms with Crippen molar-refractivity contribution in [3.05, 3.63) is 64.4 Å². The maximum atomic E-state index is 14.3. The van der Waals surface area contributed by atoms with Crippen LogP contribution in [0.5, 0.6) is 0 Å². The zero-order chi connectivity index (χ0) is 64.2. The Bertz CT molecular complexity index is 3410. The molecular formula is C60H86N13O13P. The molecule has 2 saturated heterocycles. The van der Waals surface area contributed by atoms with E-state index >= 15 is 0 Å². The van der Waals surface area contributed by atoms with Gasteiger partial charge in [0.2, 0.25) is 41.4 Å². The molecule has 8 rings (SSSR count). The molecule has 6 aliphatic heterocycles. The lowest BCUT2D eigenvalue weighted by Crippen LogP contribution is -2.55. The quantitative estimate of drug-likeness (QED) is 0.0636. The molecule has 7 heterocycles. The minimum Gasteiger partial charge on any atom is -0.394 e. The second-order valence-corrected chi connectivity index (χ2v) is 28.0. The fourth-order valence-corrected chi connectivity index (χ4v) is 16.7. The summed E-state index contributed by atoms with van der Waals surface area (Å²) in [6.07, 6.45) is -0.878. The number of benzene rings is 1. The van der Waals surface area contributed by atoms with Gasteiger partial charge in [0.25, 0.3) is 0 Å². The maximum Gasteiger partial charge on any atom is 0.337 e. The van der Waals surface area contributed by atoms with Crippen LogP contribution in [0, 0.1) is 59.7 Å². The Morgan fingerprint density at radius 2 is 1.43 bits per heavy atom. The predicted molar refractivity (Wildman–Crippen MR) is 323 cm³/mol. The number of hydrogen-bond acceptors (Lipinski definition) is 17. The molecule has 2 aromatic rings. The zero-order valence-corrected chi connectivity index (χ0v) is 51.9. The molecule has 7 amide bonds. The molecule has 2 unspecified atom stereocenters. The first-order valence-electron chi connectivity index (χ1n) is 29.6. The molecule has 1 aromatic carbocycles.